The standard InChI is InChI=1S/C13H16ClNO5/c1-13(2,12(17)18)11(16)15-8-6-9(19-3)7(14)5-10(8)20-4/h5-6H,1-4H3,(H,15,16)(H,17,18). The number of halogens is 1. The van der Waals surface area contributed by atoms with Gasteiger partial charge in [0.15, 0.2) is 0 Å². The third kappa shape index (κ3) is 3.14. The fraction of sp³-hybridized carbons (Fsp3) is 0.385. The number of rotatable bonds is 5. The Labute approximate surface area is 121 Å². The van der Waals surface area contributed by atoms with E-state index in [4.69, 9.17) is 26.2 Å². The Balaban J connectivity index is 3.14. The molecule has 1 amide bonds. The number of carboxylic acids is 1. The molecule has 0 bridgehead atoms. The zero-order valence-electron chi connectivity index (χ0n) is 11.6. The van der Waals surface area contributed by atoms with Crippen molar-refractivity contribution in [1.29, 1.82) is 0 Å². The van der Waals surface area contributed by atoms with Crippen molar-refractivity contribution in [1.82, 2.24) is 0 Å². The van der Waals surface area contributed by atoms with Gasteiger partial charge in [0.1, 0.15) is 16.9 Å². The number of benzene rings is 1. The number of aliphatic carboxylic acids is 1. The highest BCUT2D eigenvalue weighted by molar-refractivity contribution is 6.32. The molecule has 1 aromatic rings. The van der Waals surface area contributed by atoms with Gasteiger partial charge in [0.25, 0.3) is 0 Å². The molecule has 20 heavy (non-hydrogen) atoms. The molecule has 0 aliphatic rings. The summed E-state index contributed by atoms with van der Waals surface area (Å²) in [7, 11) is 2.84. The third-order valence-corrected chi connectivity index (χ3v) is 3.12. The van der Waals surface area contributed by atoms with E-state index in [9.17, 15) is 9.59 Å². The predicted octanol–water partition coefficient (Wildman–Crippen LogP) is 2.41. The maximum atomic E-state index is 12.0. The Morgan fingerprint density at radius 2 is 1.75 bits per heavy atom. The quantitative estimate of drug-likeness (QED) is 0.816. The van der Waals surface area contributed by atoms with Gasteiger partial charge >= 0.3 is 5.97 Å². The molecule has 0 spiro atoms. The number of nitrogens with one attached hydrogen (secondary N) is 1. The van der Waals surface area contributed by atoms with E-state index in [1.54, 1.807) is 0 Å². The Hall–Kier alpha value is -1.95. The Kier molecular flexibility index (Phi) is 4.83. The zero-order valence-corrected chi connectivity index (χ0v) is 12.4. The predicted molar refractivity (Wildman–Crippen MR) is 74.6 cm³/mol. The minimum Gasteiger partial charge on any atom is -0.495 e. The molecule has 0 saturated heterocycles. The number of carboxylic acid groups (broad SMARTS) is 1. The number of hydrogen-bond donors (Lipinski definition) is 2. The second kappa shape index (κ2) is 6.00. The maximum Gasteiger partial charge on any atom is 0.318 e. The minimum atomic E-state index is -1.57. The first-order valence-electron chi connectivity index (χ1n) is 5.70. The molecule has 7 heteroatoms. The summed E-state index contributed by atoms with van der Waals surface area (Å²) in [6.07, 6.45) is 0. The van der Waals surface area contributed by atoms with Crippen molar-refractivity contribution in [2.24, 2.45) is 5.41 Å². The lowest BCUT2D eigenvalue weighted by Crippen LogP contribution is -2.37. The lowest BCUT2D eigenvalue weighted by Gasteiger charge is -2.20. The summed E-state index contributed by atoms with van der Waals surface area (Å²) in [5, 5.41) is 11.8. The molecule has 0 aliphatic heterocycles. The van der Waals surface area contributed by atoms with Crippen LogP contribution in [0, 0.1) is 5.41 Å². The molecule has 0 aromatic heterocycles. The Bertz CT molecular complexity index is 542. The second-order valence-electron chi connectivity index (χ2n) is 4.57. The number of anilines is 1. The monoisotopic (exact) mass is 301 g/mol. The number of hydrogen-bond acceptors (Lipinski definition) is 4. The average Bonchev–Trinajstić information content (AvgIpc) is 2.39. The fourth-order valence-corrected chi connectivity index (χ4v) is 1.56. The van der Waals surface area contributed by atoms with Crippen LogP contribution in [-0.4, -0.2) is 31.2 Å². The van der Waals surface area contributed by atoms with E-state index in [-0.39, 0.29) is 5.69 Å². The summed E-state index contributed by atoms with van der Waals surface area (Å²) >= 11 is 5.95. The average molecular weight is 302 g/mol. The summed E-state index contributed by atoms with van der Waals surface area (Å²) < 4.78 is 10.1. The lowest BCUT2D eigenvalue weighted by molar-refractivity contribution is -0.151. The highest BCUT2D eigenvalue weighted by atomic mass is 35.5. The Morgan fingerprint density at radius 3 is 2.20 bits per heavy atom. The van der Waals surface area contributed by atoms with Gasteiger partial charge < -0.3 is 19.9 Å². The summed E-state index contributed by atoms with van der Waals surface area (Å²) in [4.78, 5) is 23.1. The first-order valence-corrected chi connectivity index (χ1v) is 6.08. The van der Waals surface area contributed by atoms with Crippen molar-refractivity contribution >= 4 is 29.2 Å². The van der Waals surface area contributed by atoms with E-state index in [0.29, 0.717) is 16.5 Å². The van der Waals surface area contributed by atoms with E-state index in [0.717, 1.165) is 0 Å². The summed E-state index contributed by atoms with van der Waals surface area (Å²) in [6.45, 7) is 2.62. The van der Waals surface area contributed by atoms with Crippen LogP contribution in [0.4, 0.5) is 5.69 Å². The first kappa shape index (κ1) is 16.1. The molecular weight excluding hydrogens is 286 g/mol. The number of ether oxygens (including phenoxy) is 2. The molecule has 110 valence electrons. The molecule has 1 rings (SSSR count). The van der Waals surface area contributed by atoms with Crippen molar-refractivity contribution in [2.75, 3.05) is 19.5 Å². The van der Waals surface area contributed by atoms with E-state index >= 15 is 0 Å². The second-order valence-corrected chi connectivity index (χ2v) is 4.98. The summed E-state index contributed by atoms with van der Waals surface area (Å²) in [6, 6.07) is 2.95. The van der Waals surface area contributed by atoms with Crippen LogP contribution >= 0.6 is 11.6 Å². The van der Waals surface area contributed by atoms with Gasteiger partial charge in [-0.15, -0.1) is 0 Å². The smallest absolute Gasteiger partial charge is 0.318 e. The van der Waals surface area contributed by atoms with Crippen LogP contribution < -0.4 is 14.8 Å². The van der Waals surface area contributed by atoms with Gasteiger partial charge in [0.05, 0.1) is 24.9 Å². The number of carbonyl (C=O) groups excluding carboxylic acids is 1. The molecule has 6 nitrogen and oxygen atoms in total. The maximum absolute atomic E-state index is 12.0. The van der Waals surface area contributed by atoms with Gasteiger partial charge in [-0.2, -0.15) is 0 Å². The molecule has 1 aromatic carbocycles. The fourth-order valence-electron chi connectivity index (χ4n) is 1.33. The molecule has 0 saturated carbocycles. The van der Waals surface area contributed by atoms with E-state index < -0.39 is 17.3 Å². The van der Waals surface area contributed by atoms with Gasteiger partial charge in [-0.1, -0.05) is 11.6 Å². The van der Waals surface area contributed by atoms with Crippen LogP contribution in [-0.2, 0) is 9.59 Å². The molecule has 0 radical (unpaired) electrons. The minimum absolute atomic E-state index is 0.285. The molecule has 0 fully saturated rings. The summed E-state index contributed by atoms with van der Waals surface area (Å²) in [5.74, 6) is -1.25. The van der Waals surface area contributed by atoms with Crippen molar-refractivity contribution in [3.8, 4) is 11.5 Å². The van der Waals surface area contributed by atoms with Crippen LogP contribution in [0.15, 0.2) is 12.1 Å². The van der Waals surface area contributed by atoms with Gasteiger partial charge in [-0.3, -0.25) is 9.59 Å². The normalized spacial score (nSPS) is 10.8. The molecule has 0 aliphatic carbocycles. The molecule has 0 heterocycles. The van der Waals surface area contributed by atoms with Crippen molar-refractivity contribution < 1.29 is 24.2 Å². The first-order chi connectivity index (χ1) is 9.23. The van der Waals surface area contributed by atoms with Crippen molar-refractivity contribution in [3.05, 3.63) is 17.2 Å². The topological polar surface area (TPSA) is 84.9 Å². The van der Waals surface area contributed by atoms with Crippen LogP contribution in [0.3, 0.4) is 0 Å². The number of methoxy groups -OCH3 is 2. The van der Waals surface area contributed by atoms with Crippen molar-refractivity contribution in [2.45, 2.75) is 13.8 Å². The molecule has 2 N–H and O–H groups in total. The van der Waals surface area contributed by atoms with Crippen LogP contribution in [0.5, 0.6) is 11.5 Å². The molecule has 0 atom stereocenters. The zero-order chi connectivity index (χ0) is 15.5. The van der Waals surface area contributed by atoms with Gasteiger partial charge in [0.2, 0.25) is 5.91 Å². The van der Waals surface area contributed by atoms with Gasteiger partial charge in [0, 0.05) is 12.1 Å². The van der Waals surface area contributed by atoms with Gasteiger partial charge in [-0.05, 0) is 13.8 Å². The highest BCUT2D eigenvalue weighted by Gasteiger charge is 2.36. The van der Waals surface area contributed by atoms with Crippen LogP contribution in [0.2, 0.25) is 5.02 Å². The number of carbonyl (C=O) groups is 2. The van der Waals surface area contributed by atoms with Gasteiger partial charge in [-0.25, -0.2) is 0 Å². The Morgan fingerprint density at radius 1 is 1.20 bits per heavy atom. The summed E-state index contributed by atoms with van der Waals surface area (Å²) in [5.41, 5.74) is -1.29. The van der Waals surface area contributed by atoms with Crippen LogP contribution in [0.25, 0.3) is 0 Å². The molecular formula is C13H16ClNO5. The van der Waals surface area contributed by atoms with E-state index in [2.05, 4.69) is 5.32 Å². The SMILES string of the molecule is COc1cc(NC(=O)C(C)(C)C(=O)O)c(OC)cc1Cl. The van der Waals surface area contributed by atoms with E-state index in [1.165, 1.54) is 40.2 Å². The van der Waals surface area contributed by atoms with Crippen LogP contribution in [0.1, 0.15) is 13.8 Å². The third-order valence-electron chi connectivity index (χ3n) is 2.82. The number of amides is 1. The lowest BCUT2D eigenvalue weighted by atomic mass is 9.92. The van der Waals surface area contributed by atoms with Crippen molar-refractivity contribution in [3.63, 3.8) is 0 Å². The largest absolute Gasteiger partial charge is 0.495 e. The molecule has 0 unspecified atom stereocenters. The highest BCUT2D eigenvalue weighted by Crippen LogP contribution is 2.36. The van der Waals surface area contributed by atoms with E-state index in [1.807, 2.05) is 0 Å².